The zero-order valence-electron chi connectivity index (χ0n) is 16.0. The molecule has 1 heterocycles. The second kappa shape index (κ2) is 8.39. The van der Waals surface area contributed by atoms with Gasteiger partial charge >= 0.3 is 0 Å². The summed E-state index contributed by atoms with van der Waals surface area (Å²) in [5.74, 6) is -0.448. The van der Waals surface area contributed by atoms with Crippen molar-refractivity contribution in [3.8, 4) is 0 Å². The number of amides is 2. The number of anilines is 2. The molecule has 1 aromatic heterocycles. The number of rotatable bonds is 4. The van der Waals surface area contributed by atoms with Crippen LogP contribution in [-0.4, -0.2) is 11.8 Å². The van der Waals surface area contributed by atoms with E-state index >= 15 is 0 Å². The van der Waals surface area contributed by atoms with Gasteiger partial charge in [0.1, 0.15) is 5.00 Å². The van der Waals surface area contributed by atoms with E-state index in [-0.39, 0.29) is 11.8 Å². The highest BCUT2D eigenvalue weighted by atomic mass is 35.5. The van der Waals surface area contributed by atoms with Crippen LogP contribution in [0.15, 0.2) is 48.5 Å². The molecule has 2 amide bonds. The van der Waals surface area contributed by atoms with Gasteiger partial charge in [0.2, 0.25) is 0 Å². The standard InChI is InChI=1S/C23H21ClN2O2S/c1-14-7-6-8-15(13-14)21(27)26-23-20(16-9-2-5-12-19(16)29-23)22(28)25-18-11-4-3-10-17(18)24/h3-4,6-8,10-11,13H,2,5,9,12H2,1H3,(H,25,28)(H,26,27). The lowest BCUT2D eigenvalue weighted by atomic mass is 9.95. The zero-order chi connectivity index (χ0) is 20.4. The highest BCUT2D eigenvalue weighted by molar-refractivity contribution is 7.17. The van der Waals surface area contributed by atoms with Crippen LogP contribution in [0.1, 0.15) is 49.6 Å². The molecule has 0 aliphatic heterocycles. The molecule has 4 nitrogen and oxygen atoms in total. The molecular weight excluding hydrogens is 404 g/mol. The molecule has 148 valence electrons. The third-order valence-corrected chi connectivity index (χ3v) is 6.56. The van der Waals surface area contributed by atoms with Gasteiger partial charge in [-0.15, -0.1) is 11.3 Å². The number of aryl methyl sites for hydroxylation is 2. The van der Waals surface area contributed by atoms with Crippen LogP contribution in [0.2, 0.25) is 5.02 Å². The normalized spacial score (nSPS) is 12.9. The Morgan fingerprint density at radius 2 is 1.76 bits per heavy atom. The smallest absolute Gasteiger partial charge is 0.258 e. The number of fused-ring (bicyclic) bond motifs is 1. The van der Waals surface area contributed by atoms with Crippen molar-refractivity contribution in [2.45, 2.75) is 32.6 Å². The zero-order valence-corrected chi connectivity index (χ0v) is 17.6. The maximum Gasteiger partial charge on any atom is 0.258 e. The number of benzene rings is 2. The summed E-state index contributed by atoms with van der Waals surface area (Å²) in [5.41, 5.74) is 3.76. The van der Waals surface area contributed by atoms with E-state index in [1.807, 2.05) is 37.3 Å². The van der Waals surface area contributed by atoms with E-state index in [1.54, 1.807) is 18.2 Å². The second-order valence-electron chi connectivity index (χ2n) is 7.17. The van der Waals surface area contributed by atoms with Crippen LogP contribution in [0, 0.1) is 6.92 Å². The fraction of sp³-hybridized carbons (Fsp3) is 0.217. The lowest BCUT2D eigenvalue weighted by molar-refractivity contribution is 0.102. The average molecular weight is 425 g/mol. The van der Waals surface area contributed by atoms with Gasteiger partial charge in [-0.3, -0.25) is 9.59 Å². The summed E-state index contributed by atoms with van der Waals surface area (Å²) in [6.07, 6.45) is 3.93. The largest absolute Gasteiger partial charge is 0.321 e. The summed E-state index contributed by atoms with van der Waals surface area (Å²) in [6.45, 7) is 1.95. The first kappa shape index (κ1) is 19.7. The van der Waals surface area contributed by atoms with Gasteiger partial charge < -0.3 is 10.6 Å². The first-order valence-electron chi connectivity index (χ1n) is 9.61. The van der Waals surface area contributed by atoms with Gasteiger partial charge in [-0.1, -0.05) is 41.4 Å². The summed E-state index contributed by atoms with van der Waals surface area (Å²) in [4.78, 5) is 27.2. The van der Waals surface area contributed by atoms with Crippen LogP contribution in [-0.2, 0) is 12.8 Å². The molecule has 2 aromatic carbocycles. The van der Waals surface area contributed by atoms with Crippen molar-refractivity contribution in [3.63, 3.8) is 0 Å². The topological polar surface area (TPSA) is 58.2 Å². The van der Waals surface area contributed by atoms with Crippen LogP contribution in [0.3, 0.4) is 0 Å². The van der Waals surface area contributed by atoms with Crippen LogP contribution < -0.4 is 10.6 Å². The quantitative estimate of drug-likeness (QED) is 0.532. The third-order valence-electron chi connectivity index (χ3n) is 5.03. The van der Waals surface area contributed by atoms with Crippen LogP contribution in [0.5, 0.6) is 0 Å². The van der Waals surface area contributed by atoms with E-state index in [1.165, 1.54) is 16.2 Å². The molecule has 4 rings (SSSR count). The minimum absolute atomic E-state index is 0.209. The van der Waals surface area contributed by atoms with E-state index in [0.717, 1.165) is 36.8 Å². The number of hydrogen-bond acceptors (Lipinski definition) is 3. The molecule has 2 N–H and O–H groups in total. The SMILES string of the molecule is Cc1cccc(C(=O)Nc2sc3c(c2C(=O)Nc2ccccc2Cl)CCCC3)c1. The summed E-state index contributed by atoms with van der Waals surface area (Å²) in [6, 6.07) is 14.6. The van der Waals surface area contributed by atoms with Gasteiger partial charge in [-0.25, -0.2) is 0 Å². The van der Waals surface area contributed by atoms with Crippen molar-refractivity contribution in [2.75, 3.05) is 10.6 Å². The molecule has 29 heavy (non-hydrogen) atoms. The molecule has 1 aliphatic carbocycles. The van der Waals surface area contributed by atoms with Crippen molar-refractivity contribution in [1.82, 2.24) is 0 Å². The lowest BCUT2D eigenvalue weighted by Gasteiger charge is -2.14. The second-order valence-corrected chi connectivity index (χ2v) is 8.68. The summed E-state index contributed by atoms with van der Waals surface area (Å²) in [7, 11) is 0. The fourth-order valence-electron chi connectivity index (χ4n) is 3.60. The Morgan fingerprint density at radius 3 is 2.55 bits per heavy atom. The fourth-order valence-corrected chi connectivity index (χ4v) is 5.07. The van der Waals surface area contributed by atoms with Crippen LogP contribution in [0.4, 0.5) is 10.7 Å². The van der Waals surface area contributed by atoms with Gasteiger partial charge in [0.05, 0.1) is 16.3 Å². The predicted octanol–water partition coefficient (Wildman–Crippen LogP) is 6.09. The minimum atomic E-state index is -0.239. The first-order chi connectivity index (χ1) is 14.0. The molecule has 0 radical (unpaired) electrons. The van der Waals surface area contributed by atoms with Gasteiger partial charge in [-0.05, 0) is 62.4 Å². The molecule has 0 atom stereocenters. The molecule has 0 unspecified atom stereocenters. The number of carbonyl (C=O) groups excluding carboxylic acids is 2. The Labute approximate surface area is 178 Å². The summed E-state index contributed by atoms with van der Waals surface area (Å²) in [5, 5.41) is 6.97. The Morgan fingerprint density at radius 1 is 0.966 bits per heavy atom. The van der Waals surface area contributed by atoms with Gasteiger partial charge in [-0.2, -0.15) is 0 Å². The van der Waals surface area contributed by atoms with Gasteiger partial charge in [0.15, 0.2) is 0 Å². The number of carbonyl (C=O) groups is 2. The van der Waals surface area contributed by atoms with Crippen LogP contribution in [0.25, 0.3) is 0 Å². The molecule has 3 aromatic rings. The van der Waals surface area contributed by atoms with Crippen molar-refractivity contribution in [2.24, 2.45) is 0 Å². The molecular formula is C23H21ClN2O2S. The maximum atomic E-state index is 13.2. The van der Waals surface area contributed by atoms with Crippen LogP contribution >= 0.6 is 22.9 Å². The van der Waals surface area contributed by atoms with Gasteiger partial charge in [0.25, 0.3) is 11.8 Å². The van der Waals surface area contributed by atoms with Crippen molar-refractivity contribution in [3.05, 3.63) is 80.7 Å². The molecule has 0 bridgehead atoms. The highest BCUT2D eigenvalue weighted by Gasteiger charge is 2.27. The molecule has 1 aliphatic rings. The van der Waals surface area contributed by atoms with Crippen molar-refractivity contribution in [1.29, 1.82) is 0 Å². The third kappa shape index (κ3) is 4.21. The monoisotopic (exact) mass is 424 g/mol. The summed E-state index contributed by atoms with van der Waals surface area (Å²) >= 11 is 7.72. The van der Waals surface area contributed by atoms with Gasteiger partial charge in [0, 0.05) is 10.4 Å². The lowest BCUT2D eigenvalue weighted by Crippen LogP contribution is -2.18. The number of para-hydroxylation sites is 1. The van der Waals surface area contributed by atoms with E-state index in [9.17, 15) is 9.59 Å². The van der Waals surface area contributed by atoms with E-state index in [0.29, 0.717) is 26.8 Å². The summed E-state index contributed by atoms with van der Waals surface area (Å²) < 4.78 is 0. The van der Waals surface area contributed by atoms with E-state index in [4.69, 9.17) is 11.6 Å². The Kier molecular flexibility index (Phi) is 5.69. The minimum Gasteiger partial charge on any atom is -0.321 e. The van der Waals surface area contributed by atoms with Crippen molar-refractivity contribution < 1.29 is 9.59 Å². The van der Waals surface area contributed by atoms with E-state index < -0.39 is 0 Å². The molecule has 6 heteroatoms. The number of nitrogens with one attached hydrogen (secondary N) is 2. The average Bonchev–Trinajstić information content (AvgIpc) is 3.07. The molecule has 0 fully saturated rings. The maximum absolute atomic E-state index is 13.2. The van der Waals surface area contributed by atoms with Crippen molar-refractivity contribution >= 4 is 45.4 Å². The Balaban J connectivity index is 1.67. The molecule has 0 saturated carbocycles. The van der Waals surface area contributed by atoms with E-state index in [2.05, 4.69) is 10.6 Å². The number of thiophene rings is 1. The first-order valence-corrected chi connectivity index (χ1v) is 10.8. The Bertz CT molecular complexity index is 1090. The molecule has 0 spiro atoms. The Hall–Kier alpha value is -2.63. The number of hydrogen-bond donors (Lipinski definition) is 2. The predicted molar refractivity (Wildman–Crippen MR) is 119 cm³/mol. The highest BCUT2D eigenvalue weighted by Crippen LogP contribution is 2.39. The number of halogens is 1. The molecule has 0 saturated heterocycles.